The van der Waals surface area contributed by atoms with Gasteiger partial charge in [0.1, 0.15) is 5.82 Å². The van der Waals surface area contributed by atoms with E-state index in [1.54, 1.807) is 12.1 Å². The molecule has 1 atom stereocenters. The molecule has 5 heteroatoms. The van der Waals surface area contributed by atoms with E-state index in [-0.39, 0.29) is 11.3 Å². The van der Waals surface area contributed by atoms with Crippen molar-refractivity contribution in [3.05, 3.63) is 53.6 Å². The Morgan fingerprint density at radius 2 is 2.05 bits per heavy atom. The summed E-state index contributed by atoms with van der Waals surface area (Å²) < 4.78 is 2.09. The predicted octanol–water partition coefficient (Wildman–Crippen LogP) is 2.10. The van der Waals surface area contributed by atoms with Crippen LogP contribution in [0, 0.1) is 5.41 Å². The Hall–Kier alpha value is -2.14. The van der Waals surface area contributed by atoms with Crippen molar-refractivity contribution in [1.29, 1.82) is 0 Å². The van der Waals surface area contributed by atoms with E-state index in [0.717, 1.165) is 18.9 Å². The van der Waals surface area contributed by atoms with Crippen LogP contribution >= 0.6 is 0 Å². The van der Waals surface area contributed by atoms with Crippen LogP contribution in [0.4, 0.5) is 0 Å². The third-order valence-electron chi connectivity index (χ3n) is 4.44. The van der Waals surface area contributed by atoms with E-state index in [2.05, 4.69) is 28.3 Å². The summed E-state index contributed by atoms with van der Waals surface area (Å²) >= 11 is 0. The standard InChI is InChI=1S/C17H22N4O/c1-17(2)11-21(14(17)16-19-8-9-20(16)3)10-12-4-6-13(7-5-12)15(18)22/h4-9,14H,10-11H2,1-3H3,(H2,18,22). The maximum atomic E-state index is 11.1. The first-order valence-electron chi connectivity index (χ1n) is 7.48. The molecule has 0 aliphatic carbocycles. The number of imidazole rings is 1. The summed E-state index contributed by atoms with van der Waals surface area (Å²) in [4.78, 5) is 18.1. The Morgan fingerprint density at radius 3 is 2.55 bits per heavy atom. The number of likely N-dealkylation sites (tertiary alicyclic amines) is 1. The van der Waals surface area contributed by atoms with Crippen molar-refractivity contribution in [2.45, 2.75) is 26.4 Å². The SMILES string of the molecule is Cn1ccnc1C1N(Cc2ccc(C(N)=O)cc2)CC1(C)C. The Bertz CT molecular complexity index is 687. The molecule has 1 fully saturated rings. The largest absolute Gasteiger partial charge is 0.366 e. The second-order valence-electron chi connectivity index (χ2n) is 6.75. The maximum absolute atomic E-state index is 11.1. The zero-order valence-electron chi connectivity index (χ0n) is 13.3. The summed E-state index contributed by atoms with van der Waals surface area (Å²) in [6, 6.07) is 7.83. The normalized spacial score (nSPS) is 20.6. The van der Waals surface area contributed by atoms with E-state index in [4.69, 9.17) is 5.73 Å². The molecule has 2 aromatic rings. The highest BCUT2D eigenvalue weighted by Gasteiger charge is 2.48. The summed E-state index contributed by atoms with van der Waals surface area (Å²) in [5.74, 6) is 0.715. The molecule has 22 heavy (non-hydrogen) atoms. The number of aryl methyl sites for hydroxylation is 1. The molecule has 1 aromatic carbocycles. The van der Waals surface area contributed by atoms with Gasteiger partial charge in [0.2, 0.25) is 5.91 Å². The van der Waals surface area contributed by atoms with Gasteiger partial charge in [0, 0.05) is 43.5 Å². The van der Waals surface area contributed by atoms with Crippen molar-refractivity contribution in [3.8, 4) is 0 Å². The lowest BCUT2D eigenvalue weighted by molar-refractivity contribution is -0.0649. The molecule has 116 valence electrons. The van der Waals surface area contributed by atoms with Gasteiger partial charge in [0.15, 0.2) is 0 Å². The van der Waals surface area contributed by atoms with E-state index in [0.29, 0.717) is 11.6 Å². The molecule has 0 radical (unpaired) electrons. The van der Waals surface area contributed by atoms with Crippen LogP contribution in [0.2, 0.25) is 0 Å². The molecule has 0 bridgehead atoms. The molecular formula is C17H22N4O. The van der Waals surface area contributed by atoms with Crippen molar-refractivity contribution in [2.24, 2.45) is 18.2 Å². The highest BCUT2D eigenvalue weighted by Crippen LogP contribution is 2.48. The van der Waals surface area contributed by atoms with Crippen LogP contribution in [0.5, 0.6) is 0 Å². The summed E-state index contributed by atoms with van der Waals surface area (Å²) in [5, 5.41) is 0. The Kier molecular flexibility index (Phi) is 3.53. The van der Waals surface area contributed by atoms with Crippen LogP contribution in [0.3, 0.4) is 0 Å². The number of nitrogens with two attached hydrogens (primary N) is 1. The quantitative estimate of drug-likeness (QED) is 0.940. The van der Waals surface area contributed by atoms with E-state index in [1.807, 2.05) is 31.6 Å². The van der Waals surface area contributed by atoms with Gasteiger partial charge >= 0.3 is 0 Å². The number of rotatable bonds is 4. The van der Waals surface area contributed by atoms with Crippen molar-refractivity contribution in [1.82, 2.24) is 14.5 Å². The van der Waals surface area contributed by atoms with Gasteiger partial charge in [-0.1, -0.05) is 26.0 Å². The summed E-state index contributed by atoms with van der Waals surface area (Å²) in [7, 11) is 2.04. The lowest BCUT2D eigenvalue weighted by Crippen LogP contribution is -2.55. The van der Waals surface area contributed by atoms with E-state index < -0.39 is 0 Å². The van der Waals surface area contributed by atoms with Crippen LogP contribution in [0.15, 0.2) is 36.7 Å². The fourth-order valence-corrected chi connectivity index (χ4v) is 3.39. The molecule has 1 unspecified atom stereocenters. The molecule has 1 saturated heterocycles. The van der Waals surface area contributed by atoms with Crippen molar-refractivity contribution in [2.75, 3.05) is 6.54 Å². The minimum Gasteiger partial charge on any atom is -0.366 e. The van der Waals surface area contributed by atoms with E-state index >= 15 is 0 Å². The molecular weight excluding hydrogens is 276 g/mol. The number of aromatic nitrogens is 2. The van der Waals surface area contributed by atoms with Crippen LogP contribution in [-0.4, -0.2) is 26.9 Å². The molecule has 2 heterocycles. The fourth-order valence-electron chi connectivity index (χ4n) is 3.39. The van der Waals surface area contributed by atoms with Gasteiger partial charge in [-0.3, -0.25) is 9.69 Å². The summed E-state index contributed by atoms with van der Waals surface area (Å²) in [6.45, 7) is 6.43. The van der Waals surface area contributed by atoms with Crippen LogP contribution in [0.1, 0.15) is 41.6 Å². The van der Waals surface area contributed by atoms with Gasteiger partial charge in [-0.05, 0) is 17.7 Å². The van der Waals surface area contributed by atoms with Gasteiger partial charge in [-0.2, -0.15) is 0 Å². The second kappa shape index (κ2) is 5.25. The van der Waals surface area contributed by atoms with Crippen molar-refractivity contribution >= 4 is 5.91 Å². The molecule has 5 nitrogen and oxygen atoms in total. The average molecular weight is 298 g/mol. The Balaban J connectivity index is 1.78. The lowest BCUT2D eigenvalue weighted by Gasteiger charge is -2.53. The maximum Gasteiger partial charge on any atom is 0.248 e. The summed E-state index contributed by atoms with van der Waals surface area (Å²) in [5.41, 5.74) is 7.22. The first-order chi connectivity index (χ1) is 10.4. The number of hydrogen-bond donors (Lipinski definition) is 1. The monoisotopic (exact) mass is 298 g/mol. The number of amides is 1. The highest BCUT2D eigenvalue weighted by molar-refractivity contribution is 5.92. The number of carbonyl (C=O) groups excluding carboxylic acids is 1. The Morgan fingerprint density at radius 1 is 1.36 bits per heavy atom. The first-order valence-corrected chi connectivity index (χ1v) is 7.48. The molecule has 2 N–H and O–H groups in total. The topological polar surface area (TPSA) is 64.2 Å². The third-order valence-corrected chi connectivity index (χ3v) is 4.44. The molecule has 3 rings (SSSR count). The number of primary amides is 1. The zero-order chi connectivity index (χ0) is 15.9. The molecule has 1 aromatic heterocycles. The predicted molar refractivity (Wildman–Crippen MR) is 85.1 cm³/mol. The first kappa shape index (κ1) is 14.8. The van der Waals surface area contributed by atoms with Crippen molar-refractivity contribution < 1.29 is 4.79 Å². The number of carbonyl (C=O) groups is 1. The number of hydrogen-bond acceptors (Lipinski definition) is 3. The summed E-state index contributed by atoms with van der Waals surface area (Å²) in [6.07, 6.45) is 3.84. The minimum atomic E-state index is -0.387. The number of benzene rings is 1. The lowest BCUT2D eigenvalue weighted by atomic mass is 9.74. The van der Waals surface area contributed by atoms with Crippen LogP contribution in [-0.2, 0) is 13.6 Å². The highest BCUT2D eigenvalue weighted by atomic mass is 16.1. The van der Waals surface area contributed by atoms with Gasteiger partial charge in [-0.25, -0.2) is 4.98 Å². The molecule has 1 amide bonds. The number of nitrogens with zero attached hydrogens (tertiary/aromatic N) is 3. The van der Waals surface area contributed by atoms with Gasteiger partial charge in [0.25, 0.3) is 0 Å². The smallest absolute Gasteiger partial charge is 0.248 e. The molecule has 0 saturated carbocycles. The second-order valence-corrected chi connectivity index (χ2v) is 6.75. The third kappa shape index (κ3) is 2.52. The van der Waals surface area contributed by atoms with Crippen molar-refractivity contribution in [3.63, 3.8) is 0 Å². The Labute approximate surface area is 130 Å². The average Bonchev–Trinajstić information content (AvgIpc) is 2.84. The van der Waals surface area contributed by atoms with Crippen LogP contribution < -0.4 is 5.73 Å². The van der Waals surface area contributed by atoms with Gasteiger partial charge < -0.3 is 10.3 Å². The van der Waals surface area contributed by atoms with Gasteiger partial charge in [0.05, 0.1) is 6.04 Å². The molecule has 0 spiro atoms. The van der Waals surface area contributed by atoms with E-state index in [1.165, 1.54) is 5.56 Å². The van der Waals surface area contributed by atoms with Crippen LogP contribution in [0.25, 0.3) is 0 Å². The zero-order valence-corrected chi connectivity index (χ0v) is 13.3. The molecule has 1 aliphatic rings. The fraction of sp³-hybridized carbons (Fsp3) is 0.412. The van der Waals surface area contributed by atoms with E-state index in [9.17, 15) is 4.79 Å². The minimum absolute atomic E-state index is 0.215. The molecule has 1 aliphatic heterocycles. The van der Waals surface area contributed by atoms with Gasteiger partial charge in [-0.15, -0.1) is 0 Å².